The number of rotatable bonds is 3. The molecule has 2 nitrogen and oxygen atoms in total. The van der Waals surface area contributed by atoms with Crippen LogP contribution in [0.3, 0.4) is 0 Å². The molecule has 4 heteroatoms. The summed E-state index contributed by atoms with van der Waals surface area (Å²) < 4.78 is 18.9. The molecule has 0 radical (unpaired) electrons. The maximum Gasteiger partial charge on any atom is 0.184 e. The molecule has 0 saturated carbocycles. The Hall–Kier alpha value is -1.87. The van der Waals surface area contributed by atoms with Gasteiger partial charge in [0.15, 0.2) is 17.9 Å². The van der Waals surface area contributed by atoms with Crippen LogP contribution in [0, 0.1) is 5.82 Å². The van der Waals surface area contributed by atoms with Gasteiger partial charge in [-0.3, -0.25) is 4.79 Å². The normalized spacial score (nSPS) is 10.0. The number of hydrogen-bond acceptors (Lipinski definition) is 2. The first kappa shape index (κ1) is 11.6. The van der Waals surface area contributed by atoms with Crippen LogP contribution in [0.1, 0.15) is 10.4 Å². The fourth-order valence-corrected chi connectivity index (χ4v) is 1.52. The number of carbonyl (C=O) groups is 1. The van der Waals surface area contributed by atoms with Crippen LogP contribution < -0.4 is 4.74 Å². The molecule has 0 spiro atoms. The second-order valence-electron chi connectivity index (χ2n) is 3.31. The summed E-state index contributed by atoms with van der Waals surface area (Å²) in [5, 5.41) is -0.0221. The molecule has 2 aromatic rings. The van der Waals surface area contributed by atoms with E-state index < -0.39 is 5.82 Å². The molecule has 0 unspecified atom stereocenters. The van der Waals surface area contributed by atoms with E-state index in [4.69, 9.17) is 16.3 Å². The van der Waals surface area contributed by atoms with Gasteiger partial charge in [0, 0.05) is 0 Å². The minimum absolute atomic E-state index is 0.00759. The quantitative estimate of drug-likeness (QED) is 0.767. The molecule has 0 amide bonds. The Labute approximate surface area is 103 Å². The first-order valence-electron chi connectivity index (χ1n) is 4.88. The van der Waals surface area contributed by atoms with Gasteiger partial charge in [0.2, 0.25) is 0 Å². The molecule has 0 aromatic heterocycles. The minimum Gasteiger partial charge on any atom is -0.453 e. The lowest BCUT2D eigenvalue weighted by Gasteiger charge is -2.08. The Kier molecular flexibility index (Phi) is 3.40. The van der Waals surface area contributed by atoms with Crippen LogP contribution in [-0.4, -0.2) is 6.29 Å². The van der Waals surface area contributed by atoms with Crippen molar-refractivity contribution in [3.05, 3.63) is 58.9 Å². The van der Waals surface area contributed by atoms with E-state index in [-0.39, 0.29) is 10.8 Å². The summed E-state index contributed by atoms with van der Waals surface area (Å²) in [6.45, 7) is 0. The molecule has 0 atom stereocenters. The number of benzene rings is 2. The summed E-state index contributed by atoms with van der Waals surface area (Å²) >= 11 is 5.63. The Morgan fingerprint density at radius 1 is 1.06 bits per heavy atom. The number of carbonyl (C=O) groups excluding carboxylic acids is 1. The molecule has 2 rings (SSSR count). The van der Waals surface area contributed by atoms with Crippen molar-refractivity contribution in [3.63, 3.8) is 0 Å². The molecular weight excluding hydrogens is 243 g/mol. The predicted molar refractivity (Wildman–Crippen MR) is 63.3 cm³/mol. The zero-order chi connectivity index (χ0) is 12.3. The lowest BCUT2D eigenvalue weighted by molar-refractivity contribution is 0.112. The second kappa shape index (κ2) is 4.97. The average molecular weight is 251 g/mol. The van der Waals surface area contributed by atoms with E-state index in [0.29, 0.717) is 17.6 Å². The summed E-state index contributed by atoms with van der Waals surface area (Å²) in [6, 6.07) is 11.0. The van der Waals surface area contributed by atoms with Crippen molar-refractivity contribution in [2.75, 3.05) is 0 Å². The Morgan fingerprint density at radius 3 is 2.53 bits per heavy atom. The molecular formula is C13H8ClFO2. The lowest BCUT2D eigenvalue weighted by atomic mass is 10.2. The standard InChI is InChI=1S/C13H8ClFO2/c14-10-5-3-7-12(13(10)15)17-11-6-2-1-4-9(11)8-16/h1-8H. The summed E-state index contributed by atoms with van der Waals surface area (Å²) in [4.78, 5) is 10.8. The van der Waals surface area contributed by atoms with Gasteiger partial charge >= 0.3 is 0 Å². The van der Waals surface area contributed by atoms with Gasteiger partial charge in [0.1, 0.15) is 5.75 Å². The molecule has 0 saturated heterocycles. The fourth-order valence-electron chi connectivity index (χ4n) is 1.35. The maximum atomic E-state index is 13.6. The highest BCUT2D eigenvalue weighted by atomic mass is 35.5. The van der Waals surface area contributed by atoms with Gasteiger partial charge in [-0.15, -0.1) is 0 Å². The van der Waals surface area contributed by atoms with Crippen molar-refractivity contribution >= 4 is 17.9 Å². The number of aldehydes is 1. The van der Waals surface area contributed by atoms with Gasteiger partial charge in [-0.05, 0) is 24.3 Å². The van der Waals surface area contributed by atoms with E-state index in [0.717, 1.165) is 0 Å². The Bertz CT molecular complexity index is 555. The molecule has 0 aliphatic carbocycles. The molecule has 0 heterocycles. The van der Waals surface area contributed by atoms with Crippen molar-refractivity contribution in [3.8, 4) is 11.5 Å². The molecule has 0 fully saturated rings. The highest BCUT2D eigenvalue weighted by molar-refractivity contribution is 6.30. The van der Waals surface area contributed by atoms with E-state index in [9.17, 15) is 9.18 Å². The predicted octanol–water partition coefficient (Wildman–Crippen LogP) is 4.08. The zero-order valence-electron chi connectivity index (χ0n) is 8.69. The summed E-state index contributed by atoms with van der Waals surface area (Å²) in [5.41, 5.74) is 0.354. The van der Waals surface area contributed by atoms with Gasteiger partial charge < -0.3 is 4.74 Å². The van der Waals surface area contributed by atoms with Gasteiger partial charge in [-0.2, -0.15) is 0 Å². The highest BCUT2D eigenvalue weighted by Crippen LogP contribution is 2.29. The monoisotopic (exact) mass is 250 g/mol. The molecule has 0 aliphatic rings. The van der Waals surface area contributed by atoms with Crippen molar-refractivity contribution in [2.24, 2.45) is 0 Å². The van der Waals surface area contributed by atoms with E-state index in [2.05, 4.69) is 0 Å². The number of halogens is 2. The van der Waals surface area contributed by atoms with Crippen LogP contribution in [0.15, 0.2) is 42.5 Å². The van der Waals surface area contributed by atoms with E-state index in [1.165, 1.54) is 12.1 Å². The van der Waals surface area contributed by atoms with Crippen LogP contribution in [0.25, 0.3) is 0 Å². The van der Waals surface area contributed by atoms with E-state index in [1.54, 1.807) is 30.3 Å². The average Bonchev–Trinajstić information content (AvgIpc) is 2.35. The summed E-state index contributed by atoms with van der Waals surface area (Å²) in [7, 11) is 0. The zero-order valence-corrected chi connectivity index (χ0v) is 9.45. The van der Waals surface area contributed by atoms with Gasteiger partial charge in [-0.25, -0.2) is 4.39 Å². The summed E-state index contributed by atoms with van der Waals surface area (Å²) in [5.74, 6) is -0.356. The molecule has 0 N–H and O–H groups in total. The highest BCUT2D eigenvalue weighted by Gasteiger charge is 2.10. The molecule has 86 valence electrons. The minimum atomic E-state index is -0.644. The van der Waals surface area contributed by atoms with Gasteiger partial charge in [-0.1, -0.05) is 29.8 Å². The van der Waals surface area contributed by atoms with E-state index >= 15 is 0 Å². The van der Waals surface area contributed by atoms with Crippen molar-refractivity contribution in [1.82, 2.24) is 0 Å². The van der Waals surface area contributed by atoms with Crippen molar-refractivity contribution < 1.29 is 13.9 Å². The van der Waals surface area contributed by atoms with E-state index in [1.807, 2.05) is 0 Å². The number of hydrogen-bond donors (Lipinski definition) is 0. The van der Waals surface area contributed by atoms with Crippen LogP contribution in [-0.2, 0) is 0 Å². The first-order valence-corrected chi connectivity index (χ1v) is 5.26. The van der Waals surface area contributed by atoms with Crippen LogP contribution >= 0.6 is 11.6 Å². The maximum absolute atomic E-state index is 13.6. The van der Waals surface area contributed by atoms with Gasteiger partial charge in [0.25, 0.3) is 0 Å². The van der Waals surface area contributed by atoms with Crippen LogP contribution in [0.4, 0.5) is 4.39 Å². The fraction of sp³-hybridized carbons (Fsp3) is 0. The molecule has 17 heavy (non-hydrogen) atoms. The third-order valence-electron chi connectivity index (χ3n) is 2.18. The van der Waals surface area contributed by atoms with Crippen LogP contribution in [0.5, 0.6) is 11.5 Å². The molecule has 2 aromatic carbocycles. The molecule has 0 bridgehead atoms. The second-order valence-corrected chi connectivity index (χ2v) is 3.72. The van der Waals surface area contributed by atoms with Gasteiger partial charge in [0.05, 0.1) is 10.6 Å². The SMILES string of the molecule is O=Cc1ccccc1Oc1cccc(Cl)c1F. The smallest absolute Gasteiger partial charge is 0.184 e. The van der Waals surface area contributed by atoms with Crippen molar-refractivity contribution in [2.45, 2.75) is 0 Å². The third kappa shape index (κ3) is 2.45. The lowest BCUT2D eigenvalue weighted by Crippen LogP contribution is -1.92. The Morgan fingerprint density at radius 2 is 1.76 bits per heavy atom. The third-order valence-corrected chi connectivity index (χ3v) is 2.47. The largest absolute Gasteiger partial charge is 0.453 e. The topological polar surface area (TPSA) is 26.3 Å². The number of ether oxygens (including phenoxy) is 1. The first-order chi connectivity index (χ1) is 8.22. The Balaban J connectivity index is 2.38. The van der Waals surface area contributed by atoms with Crippen LogP contribution in [0.2, 0.25) is 5.02 Å². The molecule has 0 aliphatic heterocycles. The summed E-state index contributed by atoms with van der Waals surface area (Å²) in [6.07, 6.45) is 0.651. The van der Waals surface area contributed by atoms with Crippen molar-refractivity contribution in [1.29, 1.82) is 0 Å². The number of para-hydroxylation sites is 1.